The third kappa shape index (κ3) is 3.77. The normalized spacial score (nSPS) is 13.1. The highest BCUT2D eigenvalue weighted by atomic mass is 16.1. The van der Waals surface area contributed by atoms with Crippen molar-refractivity contribution in [3.8, 4) is 0 Å². The van der Waals surface area contributed by atoms with Gasteiger partial charge in [0.1, 0.15) is 5.78 Å². The summed E-state index contributed by atoms with van der Waals surface area (Å²) in [6.07, 6.45) is 4.93. The van der Waals surface area contributed by atoms with Gasteiger partial charge in [-0.1, -0.05) is 13.8 Å². The van der Waals surface area contributed by atoms with Crippen molar-refractivity contribution >= 4 is 5.78 Å². The maximum Gasteiger partial charge on any atom is 0.141 e. The van der Waals surface area contributed by atoms with Crippen molar-refractivity contribution in [2.45, 2.75) is 26.7 Å². The number of hydrogen-bond acceptors (Lipinski definition) is 3. The second-order valence-corrected chi connectivity index (χ2v) is 4.73. The van der Waals surface area contributed by atoms with Gasteiger partial charge < -0.3 is 5.73 Å². The van der Waals surface area contributed by atoms with Gasteiger partial charge in [0, 0.05) is 32.1 Å². The van der Waals surface area contributed by atoms with Crippen LogP contribution in [-0.2, 0) is 18.3 Å². The minimum atomic E-state index is -0.0137. The first-order valence-electron chi connectivity index (χ1n) is 5.73. The molecule has 0 aromatic carbocycles. The molecule has 0 saturated carbocycles. The zero-order valence-corrected chi connectivity index (χ0v) is 10.3. The minimum Gasteiger partial charge on any atom is -0.330 e. The molecule has 0 aliphatic heterocycles. The van der Waals surface area contributed by atoms with E-state index in [4.69, 9.17) is 5.73 Å². The zero-order valence-electron chi connectivity index (χ0n) is 10.3. The Balaban J connectivity index is 2.55. The summed E-state index contributed by atoms with van der Waals surface area (Å²) in [5.74, 6) is 0.718. The van der Waals surface area contributed by atoms with Crippen LogP contribution in [-0.4, -0.2) is 22.1 Å². The van der Waals surface area contributed by atoms with E-state index in [1.54, 1.807) is 10.9 Å². The van der Waals surface area contributed by atoms with Crippen LogP contribution in [0.3, 0.4) is 0 Å². The maximum absolute atomic E-state index is 12.0. The summed E-state index contributed by atoms with van der Waals surface area (Å²) >= 11 is 0. The largest absolute Gasteiger partial charge is 0.330 e. The van der Waals surface area contributed by atoms with Crippen molar-refractivity contribution < 1.29 is 4.79 Å². The van der Waals surface area contributed by atoms with E-state index in [-0.39, 0.29) is 11.7 Å². The number of carbonyl (C=O) groups is 1. The molecule has 4 heteroatoms. The van der Waals surface area contributed by atoms with Gasteiger partial charge in [0.05, 0.1) is 6.20 Å². The lowest BCUT2D eigenvalue weighted by Crippen LogP contribution is -2.26. The van der Waals surface area contributed by atoms with Gasteiger partial charge in [0.25, 0.3) is 0 Å². The number of nitrogens with zero attached hydrogens (tertiary/aromatic N) is 2. The van der Waals surface area contributed by atoms with Crippen LogP contribution in [0.5, 0.6) is 0 Å². The van der Waals surface area contributed by atoms with Crippen LogP contribution in [0, 0.1) is 11.8 Å². The zero-order chi connectivity index (χ0) is 12.1. The fraction of sp³-hybridized carbons (Fsp3) is 0.667. The molecule has 0 amide bonds. The average molecular weight is 223 g/mol. The number of ketones is 1. The summed E-state index contributed by atoms with van der Waals surface area (Å²) in [5, 5.41) is 4.05. The van der Waals surface area contributed by atoms with Gasteiger partial charge in [-0.2, -0.15) is 5.10 Å². The fourth-order valence-electron chi connectivity index (χ4n) is 1.84. The highest BCUT2D eigenvalue weighted by Gasteiger charge is 2.18. The number of aryl methyl sites for hydroxylation is 1. The summed E-state index contributed by atoms with van der Waals surface area (Å²) in [6.45, 7) is 4.66. The molecule has 1 unspecified atom stereocenters. The molecule has 90 valence electrons. The molecular weight excluding hydrogens is 202 g/mol. The number of aromatic nitrogens is 2. The summed E-state index contributed by atoms with van der Waals surface area (Å²) in [5.41, 5.74) is 6.61. The molecule has 1 aromatic rings. The molecule has 0 fully saturated rings. The number of rotatable bonds is 6. The Hall–Kier alpha value is -1.16. The molecule has 4 nitrogen and oxygen atoms in total. The van der Waals surface area contributed by atoms with Crippen LogP contribution in [0.1, 0.15) is 25.8 Å². The molecule has 0 saturated heterocycles. The third-order valence-corrected chi connectivity index (χ3v) is 2.63. The second-order valence-electron chi connectivity index (χ2n) is 4.73. The average Bonchev–Trinajstić information content (AvgIpc) is 2.60. The van der Waals surface area contributed by atoms with Crippen molar-refractivity contribution in [2.24, 2.45) is 24.6 Å². The lowest BCUT2D eigenvalue weighted by molar-refractivity contribution is -0.122. The van der Waals surface area contributed by atoms with E-state index in [2.05, 4.69) is 18.9 Å². The molecule has 0 radical (unpaired) electrons. The first-order chi connectivity index (χ1) is 7.52. The summed E-state index contributed by atoms with van der Waals surface area (Å²) in [7, 11) is 1.85. The van der Waals surface area contributed by atoms with Gasteiger partial charge in [-0.3, -0.25) is 9.48 Å². The second kappa shape index (κ2) is 5.80. The van der Waals surface area contributed by atoms with Crippen molar-refractivity contribution in [3.63, 3.8) is 0 Å². The SMILES string of the molecule is CC(C)CC(CN)C(=O)Cc1cnn(C)c1. The van der Waals surface area contributed by atoms with Crippen LogP contribution in [0.25, 0.3) is 0 Å². The lowest BCUT2D eigenvalue weighted by atomic mass is 9.91. The Morgan fingerprint density at radius 3 is 2.69 bits per heavy atom. The molecule has 0 aliphatic rings. The number of carbonyl (C=O) groups excluding carboxylic acids is 1. The molecule has 16 heavy (non-hydrogen) atoms. The molecule has 2 N–H and O–H groups in total. The number of hydrogen-bond donors (Lipinski definition) is 1. The van der Waals surface area contributed by atoms with E-state index in [0.717, 1.165) is 12.0 Å². The van der Waals surface area contributed by atoms with Crippen molar-refractivity contribution in [3.05, 3.63) is 18.0 Å². The topological polar surface area (TPSA) is 60.9 Å². The van der Waals surface area contributed by atoms with E-state index in [0.29, 0.717) is 18.9 Å². The Bertz CT molecular complexity index is 344. The van der Waals surface area contributed by atoms with Crippen molar-refractivity contribution in [1.29, 1.82) is 0 Å². The van der Waals surface area contributed by atoms with Gasteiger partial charge >= 0.3 is 0 Å². The van der Waals surface area contributed by atoms with E-state index >= 15 is 0 Å². The van der Waals surface area contributed by atoms with E-state index in [1.807, 2.05) is 13.2 Å². The Morgan fingerprint density at radius 2 is 2.25 bits per heavy atom. The van der Waals surface area contributed by atoms with Crippen molar-refractivity contribution in [2.75, 3.05) is 6.54 Å². The third-order valence-electron chi connectivity index (χ3n) is 2.63. The van der Waals surface area contributed by atoms with Crippen LogP contribution in [0.15, 0.2) is 12.4 Å². The van der Waals surface area contributed by atoms with E-state index in [9.17, 15) is 4.79 Å². The molecule has 1 rings (SSSR count). The summed E-state index contributed by atoms with van der Waals surface area (Å²) in [6, 6.07) is 0. The Morgan fingerprint density at radius 1 is 1.56 bits per heavy atom. The minimum absolute atomic E-state index is 0.0137. The van der Waals surface area contributed by atoms with Gasteiger partial charge in [-0.05, 0) is 17.9 Å². The number of nitrogens with two attached hydrogens (primary N) is 1. The standard InChI is InChI=1S/C12H21N3O/c1-9(2)4-11(6-13)12(16)5-10-7-14-15(3)8-10/h7-9,11H,4-6,13H2,1-3H3. The number of Topliss-reactive ketones (excluding diaryl/α,β-unsaturated/α-hetero) is 1. The maximum atomic E-state index is 12.0. The highest BCUT2D eigenvalue weighted by molar-refractivity contribution is 5.83. The highest BCUT2D eigenvalue weighted by Crippen LogP contribution is 2.14. The molecule has 1 heterocycles. The monoisotopic (exact) mass is 223 g/mol. The van der Waals surface area contributed by atoms with Crippen LogP contribution >= 0.6 is 0 Å². The summed E-state index contributed by atoms with van der Waals surface area (Å²) < 4.78 is 1.71. The van der Waals surface area contributed by atoms with Crippen molar-refractivity contribution in [1.82, 2.24) is 9.78 Å². The molecule has 0 spiro atoms. The van der Waals surface area contributed by atoms with Crippen LogP contribution < -0.4 is 5.73 Å². The molecule has 0 bridgehead atoms. The van der Waals surface area contributed by atoms with E-state index in [1.165, 1.54) is 0 Å². The lowest BCUT2D eigenvalue weighted by Gasteiger charge is -2.15. The molecule has 1 aromatic heterocycles. The first kappa shape index (κ1) is 12.9. The van der Waals surface area contributed by atoms with Crippen LogP contribution in [0.2, 0.25) is 0 Å². The molecule has 1 atom stereocenters. The van der Waals surface area contributed by atoms with Crippen LogP contribution in [0.4, 0.5) is 0 Å². The molecular formula is C12H21N3O. The molecule has 0 aliphatic carbocycles. The van der Waals surface area contributed by atoms with Gasteiger partial charge in [-0.15, -0.1) is 0 Å². The fourth-order valence-corrected chi connectivity index (χ4v) is 1.84. The smallest absolute Gasteiger partial charge is 0.141 e. The quantitative estimate of drug-likeness (QED) is 0.787. The van der Waals surface area contributed by atoms with Gasteiger partial charge in [-0.25, -0.2) is 0 Å². The van der Waals surface area contributed by atoms with Gasteiger partial charge in [0.15, 0.2) is 0 Å². The summed E-state index contributed by atoms with van der Waals surface area (Å²) in [4.78, 5) is 12.0. The Kier molecular flexibility index (Phi) is 4.68. The van der Waals surface area contributed by atoms with Gasteiger partial charge in [0.2, 0.25) is 0 Å². The predicted octanol–water partition coefficient (Wildman–Crippen LogP) is 1.15. The first-order valence-corrected chi connectivity index (χ1v) is 5.73. The predicted molar refractivity (Wildman–Crippen MR) is 63.9 cm³/mol. The van der Waals surface area contributed by atoms with E-state index < -0.39 is 0 Å². The Labute approximate surface area is 96.8 Å².